The molecule has 5 nitrogen and oxygen atoms in total. The molecule has 0 unspecified atom stereocenters. The molecular formula is C16H15ClF2N2O3S. The van der Waals surface area contributed by atoms with E-state index in [4.69, 9.17) is 11.6 Å². The number of anilines is 1. The summed E-state index contributed by atoms with van der Waals surface area (Å²) in [5.41, 5.74) is 0.362. The molecule has 0 radical (unpaired) electrons. The molecule has 0 aliphatic rings. The minimum atomic E-state index is -3.76. The molecule has 0 aliphatic carbocycles. The number of halogens is 3. The highest BCUT2D eigenvalue weighted by Gasteiger charge is 2.22. The number of carbonyl (C=O) groups excluding carboxylic acids is 1. The number of rotatable bonds is 6. The van der Waals surface area contributed by atoms with Crippen LogP contribution in [0.25, 0.3) is 0 Å². The standard InChI is InChI=1S/C16H15ClF2N2O3S/c1-25(23,24)21(9-11-4-2-3-5-14(11)18)10-16(22)20-12-6-7-15(19)13(17)8-12/h2-8H,9-10H2,1H3,(H,20,22). The quantitative estimate of drug-likeness (QED) is 0.827. The summed E-state index contributed by atoms with van der Waals surface area (Å²) in [7, 11) is -3.76. The lowest BCUT2D eigenvalue weighted by Gasteiger charge is -2.20. The van der Waals surface area contributed by atoms with Crippen molar-refractivity contribution < 1.29 is 22.0 Å². The molecular weight excluding hydrogens is 374 g/mol. The molecule has 0 fully saturated rings. The van der Waals surface area contributed by atoms with E-state index in [1.807, 2.05) is 0 Å². The van der Waals surface area contributed by atoms with Crippen molar-refractivity contribution in [1.29, 1.82) is 0 Å². The van der Waals surface area contributed by atoms with Crippen molar-refractivity contribution in [3.05, 3.63) is 64.7 Å². The number of nitrogens with zero attached hydrogens (tertiary/aromatic N) is 1. The maximum Gasteiger partial charge on any atom is 0.239 e. The van der Waals surface area contributed by atoms with E-state index in [-0.39, 0.29) is 22.8 Å². The van der Waals surface area contributed by atoms with Crippen LogP contribution in [-0.4, -0.2) is 31.4 Å². The highest BCUT2D eigenvalue weighted by atomic mass is 35.5. The highest BCUT2D eigenvalue weighted by Crippen LogP contribution is 2.19. The van der Waals surface area contributed by atoms with Crippen molar-refractivity contribution in [1.82, 2.24) is 4.31 Å². The van der Waals surface area contributed by atoms with Crippen molar-refractivity contribution in [3.8, 4) is 0 Å². The Morgan fingerprint density at radius 1 is 1.16 bits per heavy atom. The van der Waals surface area contributed by atoms with Crippen molar-refractivity contribution in [2.24, 2.45) is 0 Å². The van der Waals surface area contributed by atoms with Gasteiger partial charge in [-0.3, -0.25) is 4.79 Å². The Morgan fingerprint density at radius 2 is 1.84 bits per heavy atom. The van der Waals surface area contributed by atoms with Crippen LogP contribution in [0.5, 0.6) is 0 Å². The maximum absolute atomic E-state index is 13.7. The average molecular weight is 389 g/mol. The van der Waals surface area contributed by atoms with Gasteiger partial charge in [0, 0.05) is 17.8 Å². The molecule has 134 valence electrons. The maximum atomic E-state index is 13.7. The van der Waals surface area contributed by atoms with Gasteiger partial charge in [0.2, 0.25) is 15.9 Å². The number of benzene rings is 2. The predicted octanol–water partition coefficient (Wildman–Crippen LogP) is 3.02. The van der Waals surface area contributed by atoms with Gasteiger partial charge in [-0.25, -0.2) is 17.2 Å². The summed E-state index contributed by atoms with van der Waals surface area (Å²) in [6, 6.07) is 9.26. The first-order chi connectivity index (χ1) is 11.7. The van der Waals surface area contributed by atoms with E-state index in [1.165, 1.54) is 30.3 Å². The first-order valence-electron chi connectivity index (χ1n) is 7.10. The Hall–Kier alpha value is -2.03. The zero-order chi connectivity index (χ0) is 18.6. The number of sulfonamides is 1. The number of nitrogens with one attached hydrogen (secondary N) is 1. The van der Waals surface area contributed by atoms with Gasteiger partial charge >= 0.3 is 0 Å². The fourth-order valence-electron chi connectivity index (χ4n) is 2.04. The molecule has 0 aromatic heterocycles. The fourth-order valence-corrected chi connectivity index (χ4v) is 2.95. The zero-order valence-electron chi connectivity index (χ0n) is 13.2. The molecule has 0 bridgehead atoms. The largest absolute Gasteiger partial charge is 0.325 e. The lowest BCUT2D eigenvalue weighted by atomic mass is 10.2. The second-order valence-corrected chi connectivity index (χ2v) is 7.69. The van der Waals surface area contributed by atoms with Gasteiger partial charge in [0.15, 0.2) is 0 Å². The summed E-state index contributed by atoms with van der Waals surface area (Å²) in [6.45, 7) is -0.814. The number of hydrogen-bond acceptors (Lipinski definition) is 3. The first-order valence-corrected chi connectivity index (χ1v) is 9.33. The molecule has 0 spiro atoms. The van der Waals surface area contributed by atoms with Crippen LogP contribution < -0.4 is 5.32 Å². The van der Waals surface area contributed by atoms with Crippen LogP contribution in [0.1, 0.15) is 5.56 Å². The van der Waals surface area contributed by atoms with Gasteiger partial charge in [0.25, 0.3) is 0 Å². The van der Waals surface area contributed by atoms with Crippen LogP contribution in [0.3, 0.4) is 0 Å². The lowest BCUT2D eigenvalue weighted by molar-refractivity contribution is -0.116. The predicted molar refractivity (Wildman–Crippen MR) is 91.7 cm³/mol. The summed E-state index contributed by atoms with van der Waals surface area (Å²) in [4.78, 5) is 12.1. The molecule has 25 heavy (non-hydrogen) atoms. The van der Waals surface area contributed by atoms with Gasteiger partial charge < -0.3 is 5.32 Å². The summed E-state index contributed by atoms with van der Waals surface area (Å²) in [6.07, 6.45) is 0.926. The van der Waals surface area contributed by atoms with Crippen LogP contribution in [0.15, 0.2) is 42.5 Å². The summed E-state index contributed by atoms with van der Waals surface area (Å²) >= 11 is 5.63. The number of amides is 1. The fraction of sp³-hybridized carbons (Fsp3) is 0.188. The summed E-state index contributed by atoms with van der Waals surface area (Å²) in [5, 5.41) is 2.25. The Morgan fingerprint density at radius 3 is 2.44 bits per heavy atom. The van der Waals surface area contributed by atoms with E-state index in [2.05, 4.69) is 5.32 Å². The van der Waals surface area contributed by atoms with E-state index in [0.717, 1.165) is 16.6 Å². The molecule has 2 rings (SSSR count). The van der Waals surface area contributed by atoms with Crippen LogP contribution in [0, 0.1) is 11.6 Å². The van der Waals surface area contributed by atoms with Gasteiger partial charge in [-0.2, -0.15) is 4.31 Å². The molecule has 0 atom stereocenters. The summed E-state index contributed by atoms with van der Waals surface area (Å²) < 4.78 is 51.5. The number of carbonyl (C=O) groups is 1. The van der Waals surface area contributed by atoms with Crippen LogP contribution in [0.4, 0.5) is 14.5 Å². The highest BCUT2D eigenvalue weighted by molar-refractivity contribution is 7.88. The van der Waals surface area contributed by atoms with E-state index in [1.54, 1.807) is 6.07 Å². The van der Waals surface area contributed by atoms with Crippen molar-refractivity contribution in [3.63, 3.8) is 0 Å². The molecule has 1 N–H and O–H groups in total. The van der Waals surface area contributed by atoms with Crippen LogP contribution >= 0.6 is 11.6 Å². The molecule has 2 aromatic carbocycles. The molecule has 0 saturated carbocycles. The SMILES string of the molecule is CS(=O)(=O)N(CC(=O)Nc1ccc(F)c(Cl)c1)Cc1ccccc1F. The zero-order valence-corrected chi connectivity index (χ0v) is 14.7. The van der Waals surface area contributed by atoms with Crippen LogP contribution in [-0.2, 0) is 21.4 Å². The van der Waals surface area contributed by atoms with Gasteiger partial charge in [-0.15, -0.1) is 0 Å². The lowest BCUT2D eigenvalue weighted by Crippen LogP contribution is -2.37. The van der Waals surface area contributed by atoms with Gasteiger partial charge in [0.1, 0.15) is 11.6 Å². The Bertz CT molecular complexity index is 891. The van der Waals surface area contributed by atoms with Crippen LogP contribution in [0.2, 0.25) is 5.02 Å². The molecule has 0 heterocycles. The molecule has 9 heteroatoms. The Balaban J connectivity index is 2.13. The third-order valence-electron chi connectivity index (χ3n) is 3.30. The van der Waals surface area contributed by atoms with E-state index in [9.17, 15) is 22.0 Å². The molecule has 2 aromatic rings. The number of hydrogen-bond donors (Lipinski definition) is 1. The molecule has 1 amide bonds. The Labute approximate surface area is 149 Å². The monoisotopic (exact) mass is 388 g/mol. The Kier molecular flexibility index (Phi) is 6.10. The third-order valence-corrected chi connectivity index (χ3v) is 4.78. The third kappa shape index (κ3) is 5.48. The molecule has 0 aliphatic heterocycles. The van der Waals surface area contributed by atoms with E-state index >= 15 is 0 Å². The molecule has 0 saturated heterocycles. The minimum Gasteiger partial charge on any atom is -0.325 e. The average Bonchev–Trinajstić information content (AvgIpc) is 2.51. The van der Waals surface area contributed by atoms with Gasteiger partial charge in [-0.05, 0) is 24.3 Å². The van der Waals surface area contributed by atoms with Gasteiger partial charge in [-0.1, -0.05) is 29.8 Å². The van der Waals surface area contributed by atoms with Crippen molar-refractivity contribution in [2.75, 3.05) is 18.1 Å². The van der Waals surface area contributed by atoms with E-state index < -0.39 is 34.1 Å². The topological polar surface area (TPSA) is 66.5 Å². The smallest absolute Gasteiger partial charge is 0.239 e. The van der Waals surface area contributed by atoms with Crippen molar-refractivity contribution >= 4 is 33.2 Å². The summed E-state index contributed by atoms with van der Waals surface area (Å²) in [5.74, 6) is -1.87. The normalized spacial score (nSPS) is 11.6. The second kappa shape index (κ2) is 7.90. The first kappa shape index (κ1) is 19.3. The van der Waals surface area contributed by atoms with E-state index in [0.29, 0.717) is 0 Å². The van der Waals surface area contributed by atoms with Gasteiger partial charge in [0.05, 0.1) is 17.8 Å². The minimum absolute atomic E-state index is 0.144. The second-order valence-electron chi connectivity index (χ2n) is 5.30. The van der Waals surface area contributed by atoms with Crippen molar-refractivity contribution in [2.45, 2.75) is 6.54 Å².